The third kappa shape index (κ3) is 4.67. The molecule has 0 unspecified atom stereocenters. The van der Waals surface area contributed by atoms with E-state index < -0.39 is 11.9 Å². The van der Waals surface area contributed by atoms with Crippen LogP contribution in [0.4, 0.5) is 0 Å². The summed E-state index contributed by atoms with van der Waals surface area (Å²) in [5.41, 5.74) is 3.43. The number of esters is 1. The number of nitrogens with one attached hydrogen (secondary N) is 1. The summed E-state index contributed by atoms with van der Waals surface area (Å²) in [7, 11) is 3.15. The average molecular weight is 510 g/mol. The fraction of sp³-hybridized carbons (Fsp3) is 0.429. The molecule has 1 aromatic carbocycles. The van der Waals surface area contributed by atoms with Gasteiger partial charge in [-0.2, -0.15) is 0 Å². The first kappa shape index (κ1) is 24.6. The number of carbonyl (C=O) groups excluding carboxylic acids is 2. The number of thiophene rings is 1. The fourth-order valence-electron chi connectivity index (χ4n) is 5.42. The van der Waals surface area contributed by atoms with E-state index in [9.17, 15) is 9.59 Å². The number of rotatable bonds is 7. The van der Waals surface area contributed by atoms with Gasteiger partial charge in [-0.25, -0.2) is 4.79 Å². The SMILES string of the molecule is COc1ccc([C@H]2C(C(=O)OC[C@@H]3CCCO3)=C(C)NC3=C2C(=O)C[C@H](c2cccs2)C3)cc1OC. The normalized spacial score (nSPS) is 23.9. The Bertz CT molecular complexity index is 1210. The summed E-state index contributed by atoms with van der Waals surface area (Å²) in [6, 6.07) is 9.64. The van der Waals surface area contributed by atoms with Crippen LogP contribution in [0.5, 0.6) is 11.5 Å². The minimum atomic E-state index is -0.560. The van der Waals surface area contributed by atoms with Gasteiger partial charge in [0.05, 0.1) is 25.9 Å². The number of carbonyl (C=O) groups is 2. The van der Waals surface area contributed by atoms with Gasteiger partial charge in [0.1, 0.15) is 6.61 Å². The van der Waals surface area contributed by atoms with Gasteiger partial charge in [0.15, 0.2) is 17.3 Å². The van der Waals surface area contributed by atoms with Crippen LogP contribution in [-0.4, -0.2) is 45.3 Å². The van der Waals surface area contributed by atoms with E-state index >= 15 is 0 Å². The van der Waals surface area contributed by atoms with Crippen LogP contribution in [0, 0.1) is 0 Å². The predicted octanol–water partition coefficient (Wildman–Crippen LogP) is 4.85. The quantitative estimate of drug-likeness (QED) is 0.534. The van der Waals surface area contributed by atoms with Gasteiger partial charge in [0, 0.05) is 46.7 Å². The molecule has 1 N–H and O–H groups in total. The van der Waals surface area contributed by atoms with E-state index in [1.165, 1.54) is 4.88 Å². The van der Waals surface area contributed by atoms with Crippen molar-refractivity contribution in [2.24, 2.45) is 0 Å². The zero-order valence-corrected chi connectivity index (χ0v) is 21.6. The molecule has 7 nitrogen and oxygen atoms in total. The molecule has 2 aliphatic heterocycles. The molecule has 3 atom stereocenters. The first-order valence-corrected chi connectivity index (χ1v) is 13.2. The summed E-state index contributed by atoms with van der Waals surface area (Å²) in [4.78, 5) is 28.4. The number of methoxy groups -OCH3 is 2. The number of allylic oxidation sites excluding steroid dienone is 3. The van der Waals surface area contributed by atoms with E-state index in [1.54, 1.807) is 25.6 Å². The van der Waals surface area contributed by atoms with Gasteiger partial charge in [-0.15, -0.1) is 11.3 Å². The third-order valence-electron chi connectivity index (χ3n) is 7.16. The van der Waals surface area contributed by atoms with Crippen LogP contribution in [0.25, 0.3) is 0 Å². The zero-order chi connectivity index (χ0) is 25.2. The monoisotopic (exact) mass is 509 g/mol. The van der Waals surface area contributed by atoms with E-state index in [4.69, 9.17) is 18.9 Å². The number of ketones is 1. The van der Waals surface area contributed by atoms with Crippen LogP contribution in [0.3, 0.4) is 0 Å². The summed E-state index contributed by atoms with van der Waals surface area (Å²) in [5, 5.41) is 5.44. The summed E-state index contributed by atoms with van der Waals surface area (Å²) >= 11 is 1.67. The van der Waals surface area contributed by atoms with E-state index in [-0.39, 0.29) is 24.4 Å². The Morgan fingerprint density at radius 3 is 2.69 bits per heavy atom. The van der Waals surface area contributed by atoms with Crippen molar-refractivity contribution >= 4 is 23.1 Å². The zero-order valence-electron chi connectivity index (χ0n) is 20.8. The highest BCUT2D eigenvalue weighted by molar-refractivity contribution is 7.10. The predicted molar refractivity (Wildman–Crippen MR) is 136 cm³/mol. The van der Waals surface area contributed by atoms with Gasteiger partial charge in [-0.3, -0.25) is 4.79 Å². The molecule has 3 heterocycles. The standard InChI is InChI=1S/C28H31NO6S/c1-16-25(28(31)35-15-19-6-4-10-34-19)26(17-8-9-22(32-2)23(14-17)33-3)27-20(29-16)12-18(13-21(27)30)24-7-5-11-36-24/h5,7-9,11,14,18-19,26,29H,4,6,10,12-13,15H2,1-3H3/t18-,19+,26+/m1/s1. The van der Waals surface area contributed by atoms with Crippen molar-refractivity contribution < 1.29 is 28.5 Å². The van der Waals surface area contributed by atoms with Crippen molar-refractivity contribution in [2.45, 2.75) is 50.5 Å². The molecule has 1 aromatic heterocycles. The molecule has 0 amide bonds. The second kappa shape index (κ2) is 10.5. The number of ether oxygens (including phenoxy) is 4. The van der Waals surface area contributed by atoms with E-state index in [0.29, 0.717) is 47.8 Å². The highest BCUT2D eigenvalue weighted by atomic mass is 32.1. The van der Waals surface area contributed by atoms with Crippen molar-refractivity contribution in [2.75, 3.05) is 27.4 Å². The van der Waals surface area contributed by atoms with Crippen LogP contribution in [0.15, 0.2) is 58.3 Å². The minimum Gasteiger partial charge on any atom is -0.493 e. The lowest BCUT2D eigenvalue weighted by Gasteiger charge is -2.36. The Balaban J connectivity index is 1.54. The summed E-state index contributed by atoms with van der Waals surface area (Å²) in [5.74, 6) is 0.291. The van der Waals surface area contributed by atoms with Crippen molar-refractivity contribution in [3.05, 3.63) is 68.7 Å². The molecule has 5 rings (SSSR count). The number of hydrogen-bond acceptors (Lipinski definition) is 8. The molecule has 3 aliphatic rings. The average Bonchev–Trinajstić information content (AvgIpc) is 3.60. The largest absolute Gasteiger partial charge is 0.493 e. The van der Waals surface area contributed by atoms with Crippen molar-refractivity contribution in [3.63, 3.8) is 0 Å². The molecule has 0 radical (unpaired) electrons. The Kier molecular flexibility index (Phi) is 7.16. The summed E-state index contributed by atoms with van der Waals surface area (Å²) in [6.45, 7) is 2.77. The summed E-state index contributed by atoms with van der Waals surface area (Å²) in [6.07, 6.45) is 2.88. The maximum absolute atomic E-state index is 13.7. The van der Waals surface area contributed by atoms with Crippen LogP contribution < -0.4 is 14.8 Å². The highest BCUT2D eigenvalue weighted by Crippen LogP contribution is 2.47. The molecule has 190 valence electrons. The van der Waals surface area contributed by atoms with Gasteiger partial charge >= 0.3 is 5.97 Å². The molecule has 1 saturated heterocycles. The van der Waals surface area contributed by atoms with Crippen LogP contribution >= 0.6 is 11.3 Å². The molecular formula is C28H31NO6S. The molecule has 1 aliphatic carbocycles. The van der Waals surface area contributed by atoms with Crippen molar-refractivity contribution in [3.8, 4) is 11.5 Å². The van der Waals surface area contributed by atoms with Gasteiger partial charge < -0.3 is 24.3 Å². The van der Waals surface area contributed by atoms with Crippen LogP contribution in [0.1, 0.15) is 54.9 Å². The molecule has 1 fully saturated rings. The first-order valence-electron chi connectivity index (χ1n) is 12.3. The number of hydrogen-bond donors (Lipinski definition) is 1. The lowest BCUT2D eigenvalue weighted by atomic mass is 9.72. The molecule has 0 spiro atoms. The Hall–Kier alpha value is -3.10. The van der Waals surface area contributed by atoms with Crippen LogP contribution in [0.2, 0.25) is 0 Å². The molecule has 0 saturated carbocycles. The molecule has 8 heteroatoms. The molecule has 0 bridgehead atoms. The number of benzene rings is 1. The van der Waals surface area contributed by atoms with Gasteiger partial charge in [0.2, 0.25) is 0 Å². The second-order valence-corrected chi connectivity index (χ2v) is 10.4. The minimum absolute atomic E-state index is 0.0406. The van der Waals surface area contributed by atoms with Gasteiger partial charge in [-0.1, -0.05) is 12.1 Å². The van der Waals surface area contributed by atoms with E-state index in [2.05, 4.69) is 11.4 Å². The number of dihydropyridines is 1. The Morgan fingerprint density at radius 1 is 1.17 bits per heavy atom. The van der Waals surface area contributed by atoms with Crippen LogP contribution in [-0.2, 0) is 19.1 Å². The lowest BCUT2D eigenvalue weighted by Crippen LogP contribution is -2.36. The van der Waals surface area contributed by atoms with E-state index in [0.717, 1.165) is 24.1 Å². The van der Waals surface area contributed by atoms with Crippen molar-refractivity contribution in [1.82, 2.24) is 5.32 Å². The maximum Gasteiger partial charge on any atom is 0.336 e. The summed E-state index contributed by atoms with van der Waals surface area (Å²) < 4.78 is 22.3. The van der Waals surface area contributed by atoms with E-state index in [1.807, 2.05) is 36.6 Å². The van der Waals surface area contributed by atoms with Crippen molar-refractivity contribution in [1.29, 1.82) is 0 Å². The first-order chi connectivity index (χ1) is 17.5. The topological polar surface area (TPSA) is 83.1 Å². The fourth-order valence-corrected chi connectivity index (χ4v) is 6.25. The lowest BCUT2D eigenvalue weighted by molar-refractivity contribution is -0.142. The molecule has 36 heavy (non-hydrogen) atoms. The maximum atomic E-state index is 13.7. The highest BCUT2D eigenvalue weighted by Gasteiger charge is 2.42. The Labute approximate surface area is 215 Å². The van der Waals surface area contributed by atoms with Gasteiger partial charge in [0.25, 0.3) is 0 Å². The second-order valence-electron chi connectivity index (χ2n) is 9.38. The Morgan fingerprint density at radius 2 is 2.00 bits per heavy atom. The smallest absolute Gasteiger partial charge is 0.336 e. The third-order valence-corrected chi connectivity index (χ3v) is 8.19. The number of Topliss-reactive ketones (excluding diaryl/α,β-unsaturated/α-hetero) is 1. The van der Waals surface area contributed by atoms with Gasteiger partial charge in [-0.05, 0) is 55.3 Å². The molecular weight excluding hydrogens is 478 g/mol. The molecule has 2 aromatic rings.